The zero-order chi connectivity index (χ0) is 13.6. The van der Waals surface area contributed by atoms with Gasteiger partial charge >= 0.3 is 0 Å². The fraction of sp³-hybridized carbons (Fsp3) is 0.647. The molecule has 0 radical (unpaired) electrons. The molecule has 1 saturated carbocycles. The van der Waals surface area contributed by atoms with Gasteiger partial charge in [-0.1, -0.05) is 18.2 Å². The smallest absolute Gasteiger partial charge is 0.0685 e. The van der Waals surface area contributed by atoms with E-state index < -0.39 is 0 Å². The first-order valence-electron chi connectivity index (χ1n) is 7.89. The van der Waals surface area contributed by atoms with Crippen molar-refractivity contribution in [3.63, 3.8) is 0 Å². The summed E-state index contributed by atoms with van der Waals surface area (Å²) in [7, 11) is 0. The van der Waals surface area contributed by atoms with Crippen molar-refractivity contribution in [3.05, 3.63) is 29.8 Å². The number of ether oxygens (including phenoxy) is 1. The monoisotopic (exact) mass is 289 g/mol. The Morgan fingerprint density at radius 1 is 1.30 bits per heavy atom. The third-order valence-electron chi connectivity index (χ3n) is 5.54. The molecule has 1 aliphatic carbocycles. The van der Waals surface area contributed by atoms with Crippen molar-refractivity contribution in [3.8, 4) is 0 Å². The highest BCUT2D eigenvalue weighted by atomic mass is 32.2. The number of hydrogen-bond acceptors (Lipinski definition) is 3. The Hall–Kier alpha value is -0.510. The Balaban J connectivity index is 1.51. The SMILES string of the molecule is NC(C1CCOC2(CCC2)C1)C1CSc2ccccc21. The molecule has 1 aromatic rings. The van der Waals surface area contributed by atoms with E-state index >= 15 is 0 Å². The lowest BCUT2D eigenvalue weighted by atomic mass is 9.68. The first-order chi connectivity index (χ1) is 9.77. The maximum atomic E-state index is 6.70. The van der Waals surface area contributed by atoms with Crippen molar-refractivity contribution in [1.82, 2.24) is 0 Å². The van der Waals surface area contributed by atoms with E-state index in [0.717, 1.165) is 18.8 Å². The zero-order valence-electron chi connectivity index (χ0n) is 11.9. The summed E-state index contributed by atoms with van der Waals surface area (Å²) in [5.41, 5.74) is 8.40. The van der Waals surface area contributed by atoms with Gasteiger partial charge in [-0.2, -0.15) is 0 Å². The molecule has 2 aliphatic heterocycles. The van der Waals surface area contributed by atoms with Crippen LogP contribution >= 0.6 is 11.8 Å². The molecule has 0 aromatic heterocycles. The van der Waals surface area contributed by atoms with Gasteiger partial charge in [0.25, 0.3) is 0 Å². The molecule has 3 atom stereocenters. The predicted octanol–water partition coefficient (Wildman–Crippen LogP) is 3.55. The van der Waals surface area contributed by atoms with E-state index in [1.54, 1.807) is 0 Å². The summed E-state index contributed by atoms with van der Waals surface area (Å²) in [6, 6.07) is 9.11. The fourth-order valence-electron chi connectivity index (χ4n) is 4.15. The van der Waals surface area contributed by atoms with Crippen LogP contribution < -0.4 is 5.73 Å². The van der Waals surface area contributed by atoms with E-state index in [2.05, 4.69) is 24.3 Å². The molecule has 1 saturated heterocycles. The summed E-state index contributed by atoms with van der Waals surface area (Å²) >= 11 is 1.98. The molecular formula is C17H23NOS. The quantitative estimate of drug-likeness (QED) is 0.904. The van der Waals surface area contributed by atoms with E-state index in [-0.39, 0.29) is 5.60 Å². The van der Waals surface area contributed by atoms with Gasteiger partial charge in [0.1, 0.15) is 0 Å². The minimum atomic E-state index is 0.214. The molecule has 0 bridgehead atoms. The van der Waals surface area contributed by atoms with E-state index in [1.807, 2.05) is 11.8 Å². The molecule has 4 rings (SSSR count). The van der Waals surface area contributed by atoms with Gasteiger partial charge in [0, 0.05) is 29.2 Å². The van der Waals surface area contributed by atoms with Crippen molar-refractivity contribution in [2.75, 3.05) is 12.4 Å². The Labute approximate surface area is 125 Å². The number of nitrogens with two attached hydrogens (primary N) is 1. The highest BCUT2D eigenvalue weighted by Crippen LogP contribution is 2.48. The zero-order valence-corrected chi connectivity index (χ0v) is 12.7. The summed E-state index contributed by atoms with van der Waals surface area (Å²) < 4.78 is 6.05. The van der Waals surface area contributed by atoms with Gasteiger partial charge in [-0.05, 0) is 49.7 Å². The van der Waals surface area contributed by atoms with Crippen molar-refractivity contribution < 1.29 is 4.74 Å². The normalized spacial score (nSPS) is 32.6. The first kappa shape index (κ1) is 13.2. The van der Waals surface area contributed by atoms with Crippen molar-refractivity contribution >= 4 is 11.8 Å². The largest absolute Gasteiger partial charge is 0.375 e. The predicted molar refractivity (Wildman–Crippen MR) is 83.1 cm³/mol. The van der Waals surface area contributed by atoms with Crippen molar-refractivity contribution in [2.45, 2.75) is 54.6 Å². The minimum Gasteiger partial charge on any atom is -0.375 e. The van der Waals surface area contributed by atoms with Gasteiger partial charge in [-0.3, -0.25) is 0 Å². The summed E-state index contributed by atoms with van der Waals surface area (Å²) in [6.07, 6.45) is 6.19. The molecular weight excluding hydrogens is 266 g/mol. The number of thioether (sulfide) groups is 1. The lowest BCUT2D eigenvalue weighted by Gasteiger charge is -2.49. The van der Waals surface area contributed by atoms with Crippen LogP contribution in [0.4, 0.5) is 0 Å². The summed E-state index contributed by atoms with van der Waals surface area (Å²) in [5, 5.41) is 0. The maximum absolute atomic E-state index is 6.70. The van der Waals surface area contributed by atoms with E-state index in [9.17, 15) is 0 Å². The molecule has 0 amide bonds. The maximum Gasteiger partial charge on any atom is 0.0685 e. The molecule has 2 N–H and O–H groups in total. The van der Waals surface area contributed by atoms with Crippen LogP contribution in [0.1, 0.15) is 43.6 Å². The molecule has 3 unspecified atom stereocenters. The second-order valence-corrected chi connectivity index (χ2v) is 7.73. The molecule has 2 heterocycles. The third kappa shape index (κ3) is 2.11. The second-order valence-electron chi connectivity index (χ2n) is 6.67. The van der Waals surface area contributed by atoms with Gasteiger partial charge in [-0.15, -0.1) is 11.8 Å². The van der Waals surface area contributed by atoms with E-state index in [0.29, 0.717) is 17.9 Å². The fourth-order valence-corrected chi connectivity index (χ4v) is 5.47. The highest BCUT2D eigenvalue weighted by molar-refractivity contribution is 7.99. The second kappa shape index (κ2) is 5.04. The highest BCUT2D eigenvalue weighted by Gasteiger charge is 2.45. The van der Waals surface area contributed by atoms with Gasteiger partial charge in [0.15, 0.2) is 0 Å². The summed E-state index contributed by atoms with van der Waals surface area (Å²) in [5.74, 6) is 2.34. The molecule has 20 heavy (non-hydrogen) atoms. The number of rotatable bonds is 2. The third-order valence-corrected chi connectivity index (χ3v) is 6.75. The van der Waals surface area contributed by atoms with E-state index in [1.165, 1.54) is 36.1 Å². The lowest BCUT2D eigenvalue weighted by molar-refractivity contribution is -0.146. The summed E-state index contributed by atoms with van der Waals surface area (Å²) in [4.78, 5) is 1.44. The van der Waals surface area contributed by atoms with Gasteiger partial charge in [-0.25, -0.2) is 0 Å². The molecule has 108 valence electrons. The van der Waals surface area contributed by atoms with Crippen LogP contribution in [0.5, 0.6) is 0 Å². The number of hydrogen-bond donors (Lipinski definition) is 1. The van der Waals surface area contributed by atoms with Crippen LogP contribution in [-0.2, 0) is 4.74 Å². The minimum absolute atomic E-state index is 0.214. The first-order valence-corrected chi connectivity index (χ1v) is 8.87. The topological polar surface area (TPSA) is 35.2 Å². The molecule has 2 fully saturated rings. The Morgan fingerprint density at radius 2 is 2.15 bits per heavy atom. The van der Waals surface area contributed by atoms with Crippen LogP contribution in [0.25, 0.3) is 0 Å². The number of fused-ring (bicyclic) bond motifs is 1. The Morgan fingerprint density at radius 3 is 2.95 bits per heavy atom. The van der Waals surface area contributed by atoms with Crippen LogP contribution in [-0.4, -0.2) is 24.0 Å². The van der Waals surface area contributed by atoms with Crippen LogP contribution in [0.3, 0.4) is 0 Å². The van der Waals surface area contributed by atoms with Crippen LogP contribution in [0, 0.1) is 5.92 Å². The van der Waals surface area contributed by atoms with Crippen molar-refractivity contribution in [1.29, 1.82) is 0 Å². The standard InChI is InChI=1S/C17H23NOS/c18-16(12-6-9-19-17(10-12)7-3-8-17)14-11-20-15-5-2-1-4-13(14)15/h1-2,4-5,12,14,16H,3,6-11,18H2. The molecule has 3 heteroatoms. The van der Waals surface area contributed by atoms with Crippen molar-refractivity contribution in [2.24, 2.45) is 11.7 Å². The summed E-state index contributed by atoms with van der Waals surface area (Å²) in [6.45, 7) is 0.917. The average Bonchev–Trinajstić information content (AvgIpc) is 2.89. The average molecular weight is 289 g/mol. The Bertz CT molecular complexity index is 500. The van der Waals surface area contributed by atoms with E-state index in [4.69, 9.17) is 10.5 Å². The molecule has 3 aliphatic rings. The van der Waals surface area contributed by atoms with Gasteiger partial charge < -0.3 is 10.5 Å². The molecule has 1 aromatic carbocycles. The lowest BCUT2D eigenvalue weighted by Crippen LogP contribution is -2.50. The molecule has 2 nitrogen and oxygen atoms in total. The molecule has 1 spiro atoms. The van der Waals surface area contributed by atoms with Crippen LogP contribution in [0.2, 0.25) is 0 Å². The van der Waals surface area contributed by atoms with Crippen LogP contribution in [0.15, 0.2) is 29.2 Å². The number of benzene rings is 1. The Kier molecular flexibility index (Phi) is 3.32. The van der Waals surface area contributed by atoms with Gasteiger partial charge in [0.05, 0.1) is 5.60 Å². The van der Waals surface area contributed by atoms with Gasteiger partial charge in [0.2, 0.25) is 0 Å².